The Morgan fingerprint density at radius 3 is 2.85 bits per heavy atom. The van der Waals surface area contributed by atoms with Gasteiger partial charge in [-0.15, -0.1) is 11.3 Å². The smallest absolute Gasteiger partial charge is 0.131 e. The lowest BCUT2D eigenvalue weighted by molar-refractivity contribution is 0.00244. The van der Waals surface area contributed by atoms with Gasteiger partial charge in [0.1, 0.15) is 16.8 Å². The summed E-state index contributed by atoms with van der Waals surface area (Å²) in [6, 6.07) is 12.0. The lowest BCUT2D eigenvalue weighted by atomic mass is 10.0. The van der Waals surface area contributed by atoms with Crippen LogP contribution in [-0.4, -0.2) is 17.6 Å². The van der Waals surface area contributed by atoms with Crippen LogP contribution in [0.3, 0.4) is 0 Å². The Balaban J connectivity index is 1.70. The van der Waals surface area contributed by atoms with Gasteiger partial charge in [0.15, 0.2) is 0 Å². The summed E-state index contributed by atoms with van der Waals surface area (Å²) in [5, 5.41) is 4.46. The van der Waals surface area contributed by atoms with Crippen molar-refractivity contribution in [2.45, 2.75) is 31.5 Å². The predicted octanol–water partition coefficient (Wildman–Crippen LogP) is 5.39. The summed E-state index contributed by atoms with van der Waals surface area (Å²) < 4.78 is 6.88. The van der Waals surface area contributed by atoms with Crippen LogP contribution in [0.1, 0.15) is 29.4 Å². The van der Waals surface area contributed by atoms with Crippen LogP contribution in [0.5, 0.6) is 0 Å². The Morgan fingerprint density at radius 1 is 1.27 bits per heavy atom. The van der Waals surface area contributed by atoms with Crippen LogP contribution in [0, 0.1) is 0 Å². The molecule has 1 fully saturated rings. The highest BCUT2D eigenvalue weighted by Gasteiger charge is 2.30. The first kappa shape index (κ1) is 18.0. The number of thiophene rings is 1. The molecule has 0 bridgehead atoms. The van der Waals surface area contributed by atoms with Gasteiger partial charge in [-0.2, -0.15) is 0 Å². The molecule has 7 heteroatoms. The minimum absolute atomic E-state index is 0.0505. The molecule has 136 valence electrons. The van der Waals surface area contributed by atoms with Crippen molar-refractivity contribution >= 4 is 50.4 Å². The van der Waals surface area contributed by atoms with Gasteiger partial charge in [0.25, 0.3) is 0 Å². The molecule has 1 saturated heterocycles. The summed E-state index contributed by atoms with van der Waals surface area (Å²) >= 11 is 14.5. The summed E-state index contributed by atoms with van der Waals surface area (Å²) in [6.45, 7) is 1.40. The topological polar surface area (TPSA) is 60.2 Å². The van der Waals surface area contributed by atoms with E-state index in [1.54, 1.807) is 11.3 Å². The molecular formula is C19H19Cl2N3OS. The van der Waals surface area contributed by atoms with E-state index in [1.807, 2.05) is 24.3 Å². The molecule has 1 aliphatic rings. The number of benzene rings is 1. The van der Waals surface area contributed by atoms with Gasteiger partial charge in [0, 0.05) is 25.3 Å². The fourth-order valence-corrected chi connectivity index (χ4v) is 5.07. The van der Waals surface area contributed by atoms with Gasteiger partial charge in [-0.25, -0.2) is 4.98 Å². The van der Waals surface area contributed by atoms with E-state index in [1.165, 1.54) is 5.56 Å². The standard InChI is InChI=1S/C19H19Cl2N3OS/c20-14-9-13(23-10-11-5-2-1-3-6-11)18-16(24-14)15(21)19(26-18)17-12(22)7-4-8-25-17/h1-3,5-6,9,12,17H,4,7-8,10,22H2,(H,23,24)/t12-,17-/m1/s1. The zero-order valence-electron chi connectivity index (χ0n) is 14.0. The van der Waals surface area contributed by atoms with Gasteiger partial charge < -0.3 is 15.8 Å². The second kappa shape index (κ2) is 7.71. The number of anilines is 1. The first-order valence-electron chi connectivity index (χ1n) is 8.57. The number of halogens is 2. The van der Waals surface area contributed by atoms with Gasteiger partial charge >= 0.3 is 0 Å². The Kier molecular flexibility index (Phi) is 5.34. The van der Waals surface area contributed by atoms with E-state index in [-0.39, 0.29) is 12.1 Å². The number of hydrogen-bond donors (Lipinski definition) is 2. The monoisotopic (exact) mass is 407 g/mol. The van der Waals surface area contributed by atoms with E-state index >= 15 is 0 Å². The molecule has 0 amide bonds. The van der Waals surface area contributed by atoms with Crippen molar-refractivity contribution in [3.05, 3.63) is 57.0 Å². The molecule has 0 unspecified atom stereocenters. The summed E-state index contributed by atoms with van der Waals surface area (Å²) in [4.78, 5) is 5.38. The van der Waals surface area contributed by atoms with Crippen molar-refractivity contribution in [2.24, 2.45) is 5.73 Å². The van der Waals surface area contributed by atoms with Crippen LogP contribution in [0.4, 0.5) is 5.69 Å². The Hall–Kier alpha value is -1.37. The fourth-order valence-electron chi connectivity index (χ4n) is 3.21. The average Bonchev–Trinajstić information content (AvgIpc) is 2.98. The van der Waals surface area contributed by atoms with Crippen molar-refractivity contribution in [2.75, 3.05) is 11.9 Å². The van der Waals surface area contributed by atoms with Gasteiger partial charge in [-0.3, -0.25) is 0 Å². The fraction of sp³-hybridized carbons (Fsp3) is 0.316. The minimum atomic E-state index is -0.184. The second-order valence-electron chi connectivity index (χ2n) is 6.39. The maximum Gasteiger partial charge on any atom is 0.131 e. The third kappa shape index (κ3) is 3.55. The van der Waals surface area contributed by atoms with E-state index in [2.05, 4.69) is 22.4 Å². The van der Waals surface area contributed by atoms with Crippen molar-refractivity contribution in [3.63, 3.8) is 0 Å². The molecule has 26 heavy (non-hydrogen) atoms. The number of nitrogens with zero attached hydrogens (tertiary/aromatic N) is 1. The van der Waals surface area contributed by atoms with E-state index in [4.69, 9.17) is 33.7 Å². The molecule has 3 N–H and O–H groups in total. The quantitative estimate of drug-likeness (QED) is 0.568. The maximum atomic E-state index is 6.64. The largest absolute Gasteiger partial charge is 0.380 e. The Labute approximate surface area is 166 Å². The first-order chi connectivity index (χ1) is 12.6. The molecular weight excluding hydrogens is 389 g/mol. The first-order valence-corrected chi connectivity index (χ1v) is 10.1. The molecule has 0 radical (unpaired) electrons. The zero-order chi connectivity index (χ0) is 18.1. The van der Waals surface area contributed by atoms with Gasteiger partial charge in [-0.05, 0) is 18.4 Å². The van der Waals surface area contributed by atoms with Crippen LogP contribution in [-0.2, 0) is 11.3 Å². The Morgan fingerprint density at radius 2 is 2.08 bits per heavy atom. The number of ether oxygens (including phenoxy) is 1. The lowest BCUT2D eigenvalue weighted by Crippen LogP contribution is -2.34. The third-order valence-electron chi connectivity index (χ3n) is 4.53. The molecule has 1 aromatic carbocycles. The van der Waals surface area contributed by atoms with E-state index in [9.17, 15) is 0 Å². The van der Waals surface area contributed by atoms with Crippen LogP contribution in [0.25, 0.3) is 10.2 Å². The number of nitrogens with two attached hydrogens (primary N) is 1. The van der Waals surface area contributed by atoms with Crippen molar-refractivity contribution in [3.8, 4) is 0 Å². The van der Waals surface area contributed by atoms with Gasteiger partial charge in [0.2, 0.25) is 0 Å². The SMILES string of the molecule is N[C@@H]1CCCO[C@H]1c1sc2c(NCc3ccccc3)cc(Cl)nc2c1Cl. The van der Waals surface area contributed by atoms with Gasteiger partial charge in [0.05, 0.1) is 20.3 Å². The molecule has 0 spiro atoms. The number of rotatable bonds is 4. The molecule has 0 saturated carbocycles. The van der Waals surface area contributed by atoms with Crippen LogP contribution >= 0.6 is 34.5 Å². The summed E-state index contributed by atoms with van der Waals surface area (Å²) in [5.41, 5.74) is 9.08. The number of aromatic nitrogens is 1. The van der Waals surface area contributed by atoms with Crippen molar-refractivity contribution in [1.29, 1.82) is 0 Å². The van der Waals surface area contributed by atoms with Gasteiger partial charge in [-0.1, -0.05) is 53.5 Å². The summed E-state index contributed by atoms with van der Waals surface area (Å²) in [6.07, 6.45) is 1.73. The molecule has 1 aliphatic heterocycles. The molecule has 2 aromatic heterocycles. The number of pyridine rings is 1. The van der Waals surface area contributed by atoms with Crippen molar-refractivity contribution < 1.29 is 4.74 Å². The highest BCUT2D eigenvalue weighted by atomic mass is 35.5. The number of fused-ring (bicyclic) bond motifs is 1. The minimum Gasteiger partial charge on any atom is -0.380 e. The van der Waals surface area contributed by atoms with Crippen molar-refractivity contribution in [1.82, 2.24) is 4.98 Å². The number of hydrogen-bond acceptors (Lipinski definition) is 5. The normalized spacial score (nSPS) is 20.4. The lowest BCUT2D eigenvalue weighted by Gasteiger charge is -2.28. The summed E-state index contributed by atoms with van der Waals surface area (Å²) in [5.74, 6) is 0. The summed E-state index contributed by atoms with van der Waals surface area (Å²) in [7, 11) is 0. The molecule has 3 aromatic rings. The zero-order valence-corrected chi connectivity index (χ0v) is 16.4. The van der Waals surface area contributed by atoms with E-state index in [0.29, 0.717) is 28.8 Å². The maximum absolute atomic E-state index is 6.64. The van der Waals surface area contributed by atoms with E-state index < -0.39 is 0 Å². The Bertz CT molecular complexity index is 916. The molecule has 0 aliphatic carbocycles. The molecule has 2 atom stereocenters. The second-order valence-corrected chi connectivity index (χ2v) is 8.20. The third-order valence-corrected chi connectivity index (χ3v) is 6.49. The highest BCUT2D eigenvalue weighted by molar-refractivity contribution is 7.20. The number of nitrogens with one attached hydrogen (secondary N) is 1. The van der Waals surface area contributed by atoms with Crippen LogP contribution < -0.4 is 11.1 Å². The highest BCUT2D eigenvalue weighted by Crippen LogP contribution is 2.45. The predicted molar refractivity (Wildman–Crippen MR) is 109 cm³/mol. The molecule has 4 rings (SSSR count). The van der Waals surface area contributed by atoms with E-state index in [0.717, 1.165) is 28.1 Å². The average molecular weight is 408 g/mol. The van der Waals surface area contributed by atoms with Crippen LogP contribution in [0.15, 0.2) is 36.4 Å². The molecule has 4 nitrogen and oxygen atoms in total. The van der Waals surface area contributed by atoms with Crippen LogP contribution in [0.2, 0.25) is 10.2 Å². The molecule has 3 heterocycles.